The molecule has 0 N–H and O–H groups in total. The third-order valence-corrected chi connectivity index (χ3v) is 8.58. The molecule has 3 aromatic rings. The van der Waals surface area contributed by atoms with Crippen LogP contribution < -0.4 is 4.90 Å². The number of aryl methyl sites for hydroxylation is 1. The number of rotatable bonds is 5. The van der Waals surface area contributed by atoms with Crippen LogP contribution in [0.15, 0.2) is 48.5 Å². The fourth-order valence-corrected chi connectivity index (χ4v) is 6.76. The fraction of sp³-hybridized carbons (Fsp3) is 0.485. The van der Waals surface area contributed by atoms with Crippen molar-refractivity contribution in [1.29, 1.82) is 0 Å². The monoisotopic (exact) mass is 555 g/mol. The maximum absolute atomic E-state index is 14.6. The molecule has 0 bridgehead atoms. The molecule has 8 nitrogen and oxygen atoms in total. The first-order chi connectivity index (χ1) is 19.2. The van der Waals surface area contributed by atoms with Crippen LogP contribution in [0, 0.1) is 16.7 Å². The number of fused-ring (bicyclic) bond motifs is 5. The Bertz CT molecular complexity index is 1530. The molecule has 3 amide bonds. The van der Waals surface area contributed by atoms with Crippen LogP contribution in [-0.4, -0.2) is 43.2 Å². The zero-order valence-electron chi connectivity index (χ0n) is 25.5. The van der Waals surface area contributed by atoms with Gasteiger partial charge in [-0.15, -0.1) is 5.10 Å². The molecule has 0 spiro atoms. The molecule has 1 saturated heterocycles. The van der Waals surface area contributed by atoms with Gasteiger partial charge in [-0.1, -0.05) is 82.3 Å². The summed E-state index contributed by atoms with van der Waals surface area (Å²) in [6, 6.07) is 15.9. The first-order valence-corrected chi connectivity index (χ1v) is 14.5. The molecule has 1 fully saturated rings. The summed E-state index contributed by atoms with van der Waals surface area (Å²) in [5, 5.41) is 9.01. The van der Waals surface area contributed by atoms with Crippen LogP contribution in [0.5, 0.6) is 0 Å². The SMILES string of the molecule is CCn1nnc2c1-c1ccccc1CN(C(=O)C(C)(C)CC(C)(C)N1C(=O)CC(C(C)(C)C)C1=O)c1ccccc1-2. The van der Waals surface area contributed by atoms with Crippen molar-refractivity contribution in [3.63, 3.8) is 0 Å². The molecular formula is C33H41N5O3. The van der Waals surface area contributed by atoms with E-state index in [0.717, 1.165) is 33.8 Å². The van der Waals surface area contributed by atoms with E-state index in [9.17, 15) is 14.4 Å². The van der Waals surface area contributed by atoms with Crippen LogP contribution in [0.4, 0.5) is 5.69 Å². The van der Waals surface area contributed by atoms with Crippen LogP contribution in [-0.2, 0) is 27.5 Å². The summed E-state index contributed by atoms with van der Waals surface area (Å²) < 4.78 is 1.91. The summed E-state index contributed by atoms with van der Waals surface area (Å²) in [6.45, 7) is 16.7. The van der Waals surface area contributed by atoms with Crippen LogP contribution in [0.3, 0.4) is 0 Å². The van der Waals surface area contributed by atoms with E-state index in [1.54, 1.807) is 0 Å². The van der Waals surface area contributed by atoms with Crippen LogP contribution in [0.1, 0.15) is 73.8 Å². The number of para-hydroxylation sites is 1. The molecular weight excluding hydrogens is 514 g/mol. The largest absolute Gasteiger partial charge is 0.307 e. The molecule has 8 heteroatoms. The second kappa shape index (κ2) is 9.93. The molecule has 41 heavy (non-hydrogen) atoms. The summed E-state index contributed by atoms with van der Waals surface area (Å²) in [5.41, 5.74) is 3.25. The number of likely N-dealkylation sites (tertiary alicyclic amines) is 1. The van der Waals surface area contributed by atoms with Gasteiger partial charge in [0, 0.05) is 35.0 Å². The van der Waals surface area contributed by atoms with Crippen molar-refractivity contribution in [2.75, 3.05) is 4.90 Å². The van der Waals surface area contributed by atoms with Gasteiger partial charge in [0.2, 0.25) is 17.7 Å². The Balaban J connectivity index is 1.55. The predicted octanol–water partition coefficient (Wildman–Crippen LogP) is 6.09. The van der Waals surface area contributed by atoms with Gasteiger partial charge in [-0.25, -0.2) is 4.68 Å². The molecule has 1 unspecified atom stereocenters. The number of aromatic nitrogens is 3. The van der Waals surface area contributed by atoms with E-state index in [-0.39, 0.29) is 35.5 Å². The average molecular weight is 556 g/mol. The van der Waals surface area contributed by atoms with Gasteiger partial charge in [-0.05, 0) is 44.2 Å². The third-order valence-electron chi connectivity index (χ3n) is 8.58. The summed E-state index contributed by atoms with van der Waals surface area (Å²) in [6.07, 6.45) is 0.530. The van der Waals surface area contributed by atoms with Crippen molar-refractivity contribution in [2.45, 2.75) is 86.9 Å². The summed E-state index contributed by atoms with van der Waals surface area (Å²) in [4.78, 5) is 44.5. The fourth-order valence-electron chi connectivity index (χ4n) is 6.76. The van der Waals surface area contributed by atoms with E-state index in [4.69, 9.17) is 0 Å². The number of carbonyl (C=O) groups excluding carboxylic acids is 3. The normalized spacial score (nSPS) is 17.6. The molecule has 0 saturated carbocycles. The van der Waals surface area contributed by atoms with Crippen molar-refractivity contribution in [3.05, 3.63) is 54.1 Å². The van der Waals surface area contributed by atoms with E-state index in [1.807, 2.05) is 107 Å². The van der Waals surface area contributed by atoms with Gasteiger partial charge in [-0.2, -0.15) is 0 Å². The van der Waals surface area contributed by atoms with E-state index in [2.05, 4.69) is 16.4 Å². The number of hydrogen-bond acceptors (Lipinski definition) is 5. The lowest BCUT2D eigenvalue weighted by Gasteiger charge is -2.42. The molecule has 1 atom stereocenters. The first-order valence-electron chi connectivity index (χ1n) is 14.5. The number of carbonyl (C=O) groups is 3. The number of benzene rings is 2. The third kappa shape index (κ3) is 4.87. The lowest BCUT2D eigenvalue weighted by atomic mass is 9.77. The first kappa shape index (κ1) is 28.7. The van der Waals surface area contributed by atoms with Crippen LogP contribution >= 0.6 is 0 Å². The van der Waals surface area contributed by atoms with E-state index in [0.29, 0.717) is 19.5 Å². The number of imide groups is 1. The number of anilines is 1. The lowest BCUT2D eigenvalue weighted by molar-refractivity contribution is -0.149. The molecule has 1 aromatic heterocycles. The average Bonchev–Trinajstić information content (AvgIpc) is 3.45. The van der Waals surface area contributed by atoms with E-state index in [1.165, 1.54) is 4.90 Å². The molecule has 0 aliphatic carbocycles. The Kier molecular flexibility index (Phi) is 6.95. The maximum Gasteiger partial charge on any atom is 0.233 e. The topological polar surface area (TPSA) is 88.4 Å². The van der Waals surface area contributed by atoms with E-state index < -0.39 is 11.0 Å². The van der Waals surface area contributed by atoms with Crippen molar-refractivity contribution in [2.24, 2.45) is 16.7 Å². The highest BCUT2D eigenvalue weighted by Gasteiger charge is 2.52. The minimum atomic E-state index is -0.894. The smallest absolute Gasteiger partial charge is 0.233 e. The zero-order valence-corrected chi connectivity index (χ0v) is 25.5. The summed E-state index contributed by atoms with van der Waals surface area (Å²) in [5.74, 6) is -0.754. The van der Waals surface area contributed by atoms with E-state index >= 15 is 0 Å². The van der Waals surface area contributed by atoms with Gasteiger partial charge in [0.15, 0.2) is 0 Å². The maximum atomic E-state index is 14.6. The van der Waals surface area contributed by atoms with Gasteiger partial charge in [0.1, 0.15) is 5.69 Å². The molecule has 2 aliphatic rings. The number of nitrogens with zero attached hydrogens (tertiary/aromatic N) is 5. The van der Waals surface area contributed by atoms with Crippen molar-refractivity contribution in [3.8, 4) is 22.5 Å². The minimum Gasteiger partial charge on any atom is -0.307 e. The Morgan fingerprint density at radius 1 is 0.927 bits per heavy atom. The molecule has 5 rings (SSSR count). The van der Waals surface area contributed by atoms with Crippen LogP contribution in [0.2, 0.25) is 0 Å². The quantitative estimate of drug-likeness (QED) is 0.355. The van der Waals surface area contributed by atoms with Crippen LogP contribution in [0.25, 0.3) is 22.5 Å². The minimum absolute atomic E-state index is 0.0781. The van der Waals surface area contributed by atoms with Gasteiger partial charge in [0.05, 0.1) is 23.8 Å². The highest BCUT2D eigenvalue weighted by molar-refractivity contribution is 6.05. The Hall–Kier alpha value is -3.81. The Morgan fingerprint density at radius 2 is 1.56 bits per heavy atom. The van der Waals surface area contributed by atoms with Gasteiger partial charge in [0.25, 0.3) is 0 Å². The molecule has 3 heterocycles. The standard InChI is InChI=1S/C33H41N5O3/c1-9-37-28-22-15-11-10-14-21(22)19-36(25-17-13-12-16-23(25)27(28)34-35-37)30(41)32(5,6)20-33(7,8)38-26(39)18-24(29(38)40)31(2,3)4/h10-17,24H,9,18-20H2,1-8H3. The lowest BCUT2D eigenvalue weighted by Crippen LogP contribution is -2.53. The van der Waals surface area contributed by atoms with Crippen molar-refractivity contribution >= 4 is 23.4 Å². The Labute approximate surface area is 242 Å². The van der Waals surface area contributed by atoms with Crippen molar-refractivity contribution < 1.29 is 14.4 Å². The molecule has 2 aromatic carbocycles. The highest BCUT2D eigenvalue weighted by Crippen LogP contribution is 2.45. The summed E-state index contributed by atoms with van der Waals surface area (Å²) >= 11 is 0. The second-order valence-electron chi connectivity index (χ2n) is 13.7. The molecule has 216 valence electrons. The number of hydrogen-bond donors (Lipinski definition) is 0. The van der Waals surface area contributed by atoms with Gasteiger partial charge < -0.3 is 4.90 Å². The van der Waals surface area contributed by atoms with Crippen molar-refractivity contribution in [1.82, 2.24) is 19.9 Å². The highest BCUT2D eigenvalue weighted by atomic mass is 16.2. The molecule has 2 aliphatic heterocycles. The van der Waals surface area contributed by atoms with Gasteiger partial charge >= 0.3 is 0 Å². The molecule has 0 radical (unpaired) electrons. The predicted molar refractivity (Wildman–Crippen MR) is 160 cm³/mol. The summed E-state index contributed by atoms with van der Waals surface area (Å²) in [7, 11) is 0. The number of amides is 3. The second-order valence-corrected chi connectivity index (χ2v) is 13.7. The zero-order chi connectivity index (χ0) is 29.9. The Morgan fingerprint density at radius 3 is 2.20 bits per heavy atom. The van der Waals surface area contributed by atoms with Gasteiger partial charge in [-0.3, -0.25) is 19.3 Å².